The van der Waals surface area contributed by atoms with Crippen LogP contribution in [-0.2, 0) is 6.42 Å². The van der Waals surface area contributed by atoms with E-state index in [1.54, 1.807) is 0 Å². The van der Waals surface area contributed by atoms with Crippen molar-refractivity contribution < 1.29 is 9.59 Å². The molecule has 0 radical (unpaired) electrons. The van der Waals surface area contributed by atoms with Crippen molar-refractivity contribution >= 4 is 11.7 Å². The van der Waals surface area contributed by atoms with Gasteiger partial charge in [0, 0.05) is 30.8 Å². The lowest BCUT2D eigenvalue weighted by molar-refractivity contribution is 0.0706. The van der Waals surface area contributed by atoms with Crippen LogP contribution in [0, 0.1) is 6.92 Å². The maximum absolute atomic E-state index is 13.0. The fourth-order valence-electron chi connectivity index (χ4n) is 4.29. The highest BCUT2D eigenvalue weighted by Gasteiger charge is 2.30. The van der Waals surface area contributed by atoms with Gasteiger partial charge in [0.2, 0.25) is 0 Å². The lowest BCUT2D eigenvalue weighted by Crippen LogP contribution is -2.38. The normalized spacial score (nSPS) is 18.3. The molecule has 0 saturated carbocycles. The summed E-state index contributed by atoms with van der Waals surface area (Å²) in [5.74, 6) is 0.757. The zero-order chi connectivity index (χ0) is 17.4. The largest absolute Gasteiger partial charge is 0.354 e. The second-order valence-corrected chi connectivity index (χ2v) is 7.23. The Labute approximate surface area is 148 Å². The van der Waals surface area contributed by atoms with Crippen molar-refractivity contribution in [3.05, 3.63) is 58.4 Å². The minimum Gasteiger partial charge on any atom is -0.354 e. The molecule has 0 bridgehead atoms. The van der Waals surface area contributed by atoms with E-state index in [4.69, 9.17) is 0 Å². The smallest absolute Gasteiger partial charge is 0.270 e. The van der Waals surface area contributed by atoms with Crippen molar-refractivity contribution in [3.63, 3.8) is 0 Å². The Balaban J connectivity index is 1.49. The van der Waals surface area contributed by atoms with E-state index in [9.17, 15) is 9.59 Å². The quantitative estimate of drug-likeness (QED) is 0.905. The Bertz CT molecular complexity index is 799. The molecule has 2 aromatic rings. The van der Waals surface area contributed by atoms with Crippen LogP contribution in [-0.4, -0.2) is 34.7 Å². The predicted octanol–water partition coefficient (Wildman–Crippen LogP) is 3.86. The summed E-state index contributed by atoms with van der Waals surface area (Å²) in [6.07, 6.45) is 4.33. The van der Waals surface area contributed by atoms with Gasteiger partial charge in [-0.2, -0.15) is 0 Å². The van der Waals surface area contributed by atoms with Crippen LogP contribution in [0.3, 0.4) is 0 Å². The molecule has 1 aromatic heterocycles. The van der Waals surface area contributed by atoms with Crippen LogP contribution in [0.15, 0.2) is 30.3 Å². The number of aromatic amines is 1. The van der Waals surface area contributed by atoms with Gasteiger partial charge in [-0.05, 0) is 49.7 Å². The third kappa shape index (κ3) is 2.90. The average molecular weight is 336 g/mol. The van der Waals surface area contributed by atoms with Gasteiger partial charge >= 0.3 is 0 Å². The van der Waals surface area contributed by atoms with Crippen LogP contribution in [0.2, 0.25) is 0 Å². The number of rotatable bonds is 2. The summed E-state index contributed by atoms with van der Waals surface area (Å²) in [6, 6.07) is 10.6. The van der Waals surface area contributed by atoms with Gasteiger partial charge in [-0.25, -0.2) is 0 Å². The number of amides is 1. The fraction of sp³-hybridized carbons (Fsp3) is 0.429. The number of carbonyl (C=O) groups excluding carboxylic acids is 2. The molecule has 0 unspecified atom stereocenters. The first-order valence-corrected chi connectivity index (χ1v) is 9.24. The Morgan fingerprint density at radius 3 is 2.52 bits per heavy atom. The molecule has 1 aliphatic heterocycles. The van der Waals surface area contributed by atoms with Crippen molar-refractivity contribution in [2.75, 3.05) is 13.1 Å². The summed E-state index contributed by atoms with van der Waals surface area (Å²) in [6.45, 7) is 3.45. The number of aromatic nitrogens is 1. The summed E-state index contributed by atoms with van der Waals surface area (Å²) >= 11 is 0. The van der Waals surface area contributed by atoms with E-state index in [0.717, 1.165) is 55.6 Å². The topological polar surface area (TPSA) is 53.2 Å². The number of likely N-dealkylation sites (tertiary alicyclic amines) is 1. The van der Waals surface area contributed by atoms with E-state index >= 15 is 0 Å². The van der Waals surface area contributed by atoms with Gasteiger partial charge in [0.1, 0.15) is 5.69 Å². The molecule has 0 atom stereocenters. The Hall–Kier alpha value is -2.36. The van der Waals surface area contributed by atoms with E-state index in [1.165, 1.54) is 5.56 Å². The highest BCUT2D eigenvalue weighted by atomic mass is 16.2. The van der Waals surface area contributed by atoms with E-state index in [0.29, 0.717) is 18.0 Å². The van der Waals surface area contributed by atoms with Crippen LogP contribution in [0.4, 0.5) is 0 Å². The molecule has 1 amide bonds. The Morgan fingerprint density at radius 2 is 1.84 bits per heavy atom. The van der Waals surface area contributed by atoms with Gasteiger partial charge in [0.05, 0.1) is 0 Å². The number of hydrogen-bond acceptors (Lipinski definition) is 2. The van der Waals surface area contributed by atoms with E-state index < -0.39 is 0 Å². The van der Waals surface area contributed by atoms with Gasteiger partial charge in [-0.3, -0.25) is 9.59 Å². The monoisotopic (exact) mass is 336 g/mol. The molecule has 130 valence electrons. The zero-order valence-electron chi connectivity index (χ0n) is 14.7. The van der Waals surface area contributed by atoms with Gasteiger partial charge in [0.25, 0.3) is 5.91 Å². The molecular weight excluding hydrogens is 312 g/mol. The molecule has 4 nitrogen and oxygen atoms in total. The first-order chi connectivity index (χ1) is 12.1. The lowest BCUT2D eigenvalue weighted by atomic mass is 9.89. The maximum Gasteiger partial charge on any atom is 0.270 e. The summed E-state index contributed by atoms with van der Waals surface area (Å²) in [5.41, 5.74) is 4.56. The molecule has 0 spiro atoms. The molecular formula is C21H24N2O2. The number of ketones is 1. The average Bonchev–Trinajstić information content (AvgIpc) is 3.00. The molecule has 2 heterocycles. The van der Waals surface area contributed by atoms with Gasteiger partial charge in [-0.15, -0.1) is 0 Å². The van der Waals surface area contributed by atoms with Crippen LogP contribution >= 0.6 is 0 Å². The van der Waals surface area contributed by atoms with Crippen LogP contribution in [0.25, 0.3) is 0 Å². The van der Waals surface area contributed by atoms with Crippen molar-refractivity contribution in [2.24, 2.45) is 0 Å². The van der Waals surface area contributed by atoms with Crippen LogP contribution in [0.5, 0.6) is 0 Å². The molecule has 4 heteroatoms. The van der Waals surface area contributed by atoms with Crippen molar-refractivity contribution in [1.82, 2.24) is 9.88 Å². The Kier molecular flexibility index (Phi) is 4.20. The zero-order valence-corrected chi connectivity index (χ0v) is 14.7. The van der Waals surface area contributed by atoms with Gasteiger partial charge < -0.3 is 9.88 Å². The van der Waals surface area contributed by atoms with Crippen molar-refractivity contribution in [1.29, 1.82) is 0 Å². The highest BCUT2D eigenvalue weighted by Crippen LogP contribution is 2.30. The number of carbonyl (C=O) groups is 2. The first kappa shape index (κ1) is 16.1. The number of H-pyrrole nitrogens is 1. The van der Waals surface area contributed by atoms with Crippen LogP contribution in [0.1, 0.15) is 69.3 Å². The summed E-state index contributed by atoms with van der Waals surface area (Å²) < 4.78 is 0. The number of Topliss-reactive ketones (excluding diaryl/α,β-unsaturated/α-hetero) is 1. The fourth-order valence-corrected chi connectivity index (χ4v) is 4.29. The third-order valence-corrected chi connectivity index (χ3v) is 5.70. The van der Waals surface area contributed by atoms with Crippen molar-refractivity contribution in [2.45, 2.75) is 44.9 Å². The molecule has 4 rings (SSSR count). The molecule has 1 fully saturated rings. The minimum absolute atomic E-state index is 0.0474. The highest BCUT2D eigenvalue weighted by molar-refractivity contribution is 6.04. The standard InChI is InChI=1S/C21H24N2O2/c1-14-19-17(8-5-9-18(19)24)22-20(14)21(25)23-12-10-16(11-13-23)15-6-3-2-4-7-15/h2-4,6-7,16,22H,5,8-13H2,1H3. The summed E-state index contributed by atoms with van der Waals surface area (Å²) in [4.78, 5) is 30.3. The summed E-state index contributed by atoms with van der Waals surface area (Å²) in [5, 5.41) is 0. The number of hydrogen-bond donors (Lipinski definition) is 1. The molecule has 1 aromatic carbocycles. The molecule has 2 aliphatic rings. The SMILES string of the molecule is Cc1c(C(=O)N2CCC(c3ccccc3)CC2)[nH]c2c1C(=O)CCC2. The minimum atomic E-state index is 0.0474. The van der Waals surface area contributed by atoms with E-state index in [1.807, 2.05) is 17.9 Å². The predicted molar refractivity (Wildman–Crippen MR) is 97.1 cm³/mol. The number of piperidine rings is 1. The van der Waals surface area contributed by atoms with E-state index in [2.05, 4.69) is 29.2 Å². The number of fused-ring (bicyclic) bond motifs is 1. The van der Waals surface area contributed by atoms with Gasteiger partial charge in [0.15, 0.2) is 5.78 Å². The number of benzene rings is 1. The lowest BCUT2D eigenvalue weighted by Gasteiger charge is -2.32. The van der Waals surface area contributed by atoms with Gasteiger partial charge in [-0.1, -0.05) is 30.3 Å². The second-order valence-electron chi connectivity index (χ2n) is 7.23. The molecule has 1 N–H and O–H groups in total. The van der Waals surface area contributed by atoms with Crippen molar-refractivity contribution in [3.8, 4) is 0 Å². The number of nitrogens with zero attached hydrogens (tertiary/aromatic N) is 1. The van der Waals surface area contributed by atoms with E-state index in [-0.39, 0.29) is 11.7 Å². The third-order valence-electron chi connectivity index (χ3n) is 5.70. The summed E-state index contributed by atoms with van der Waals surface area (Å²) in [7, 11) is 0. The maximum atomic E-state index is 13.0. The number of nitrogens with one attached hydrogen (secondary N) is 1. The molecule has 1 aliphatic carbocycles. The molecule has 1 saturated heterocycles. The first-order valence-electron chi connectivity index (χ1n) is 9.24. The van der Waals surface area contributed by atoms with Crippen LogP contribution < -0.4 is 0 Å². The Morgan fingerprint density at radius 1 is 1.12 bits per heavy atom. The second kappa shape index (κ2) is 6.51. The molecule has 25 heavy (non-hydrogen) atoms. The number of aryl methyl sites for hydroxylation is 1.